The quantitative estimate of drug-likeness (QED) is 0.821. The molecule has 1 amide bonds. The lowest BCUT2D eigenvalue weighted by Gasteiger charge is -2.15. The third-order valence-electron chi connectivity index (χ3n) is 3.07. The molecule has 2 N–H and O–H groups in total. The second-order valence-electron chi connectivity index (χ2n) is 5.29. The highest BCUT2D eigenvalue weighted by molar-refractivity contribution is 5.95. The topological polar surface area (TPSA) is 59.6 Å². The van der Waals surface area contributed by atoms with E-state index in [1.54, 1.807) is 7.11 Å². The maximum atomic E-state index is 12.1. The minimum atomic E-state index is -0.138. The molecule has 0 bridgehead atoms. The van der Waals surface area contributed by atoms with Gasteiger partial charge in [0.05, 0.1) is 25.4 Å². The van der Waals surface area contributed by atoms with Crippen LogP contribution in [-0.4, -0.2) is 25.7 Å². The fourth-order valence-corrected chi connectivity index (χ4v) is 2.01. The number of nitrogens with one attached hydrogen (secondary N) is 2. The van der Waals surface area contributed by atoms with E-state index in [4.69, 9.17) is 9.47 Å². The molecule has 0 aliphatic carbocycles. The summed E-state index contributed by atoms with van der Waals surface area (Å²) in [6.45, 7) is 4.07. The van der Waals surface area contributed by atoms with Crippen molar-refractivity contribution in [3.63, 3.8) is 0 Å². The number of para-hydroxylation sites is 2. The summed E-state index contributed by atoms with van der Waals surface area (Å²) in [5, 5.41) is 5.93. The minimum absolute atomic E-state index is 0.0467. The highest BCUT2D eigenvalue weighted by Crippen LogP contribution is 2.24. The zero-order valence-corrected chi connectivity index (χ0v) is 13.6. The fourth-order valence-electron chi connectivity index (χ4n) is 2.01. The van der Waals surface area contributed by atoms with Crippen LogP contribution in [0.25, 0.3) is 0 Å². The van der Waals surface area contributed by atoms with Gasteiger partial charge in [0.25, 0.3) is 0 Å². The molecule has 122 valence electrons. The van der Waals surface area contributed by atoms with Gasteiger partial charge in [0.1, 0.15) is 11.5 Å². The molecular weight excluding hydrogens is 292 g/mol. The van der Waals surface area contributed by atoms with Crippen molar-refractivity contribution in [1.29, 1.82) is 0 Å². The van der Waals surface area contributed by atoms with Crippen molar-refractivity contribution >= 4 is 17.3 Å². The van der Waals surface area contributed by atoms with Crippen LogP contribution in [0.3, 0.4) is 0 Å². The summed E-state index contributed by atoms with van der Waals surface area (Å²) < 4.78 is 10.8. The second-order valence-corrected chi connectivity index (χ2v) is 5.29. The Morgan fingerprint density at radius 2 is 1.78 bits per heavy atom. The van der Waals surface area contributed by atoms with Gasteiger partial charge < -0.3 is 20.1 Å². The largest absolute Gasteiger partial charge is 0.497 e. The molecule has 0 saturated heterocycles. The molecule has 0 spiro atoms. The molecule has 0 saturated carbocycles. The monoisotopic (exact) mass is 314 g/mol. The number of benzene rings is 2. The van der Waals surface area contributed by atoms with Gasteiger partial charge in [0.2, 0.25) is 5.91 Å². The Labute approximate surface area is 136 Å². The van der Waals surface area contributed by atoms with Crippen molar-refractivity contribution in [3.05, 3.63) is 48.5 Å². The normalized spacial score (nSPS) is 10.3. The lowest BCUT2D eigenvalue weighted by Crippen LogP contribution is -2.22. The van der Waals surface area contributed by atoms with Crippen LogP contribution < -0.4 is 20.1 Å². The Hall–Kier alpha value is -2.69. The first-order valence-corrected chi connectivity index (χ1v) is 7.52. The van der Waals surface area contributed by atoms with E-state index in [2.05, 4.69) is 10.6 Å². The molecule has 0 atom stereocenters. The first kappa shape index (κ1) is 16.7. The number of methoxy groups -OCH3 is 1. The Morgan fingerprint density at radius 1 is 1.09 bits per heavy atom. The lowest BCUT2D eigenvalue weighted by atomic mass is 10.2. The lowest BCUT2D eigenvalue weighted by molar-refractivity contribution is -0.114. The summed E-state index contributed by atoms with van der Waals surface area (Å²) in [6.07, 6.45) is 0.0467. The van der Waals surface area contributed by atoms with E-state index in [0.29, 0.717) is 11.4 Å². The molecule has 5 nitrogen and oxygen atoms in total. The zero-order valence-electron chi connectivity index (χ0n) is 13.6. The molecular formula is C18H22N2O3. The molecule has 0 fully saturated rings. The van der Waals surface area contributed by atoms with Gasteiger partial charge in [-0.1, -0.05) is 12.1 Å². The van der Waals surface area contributed by atoms with Gasteiger partial charge in [-0.25, -0.2) is 0 Å². The van der Waals surface area contributed by atoms with Crippen molar-refractivity contribution < 1.29 is 14.3 Å². The molecule has 0 heterocycles. The van der Waals surface area contributed by atoms with Gasteiger partial charge in [0.15, 0.2) is 0 Å². The standard InChI is InChI=1S/C18H22N2O3/c1-13(2)23-17-7-5-4-6-16(17)20-18(21)12-19-14-8-10-15(22-3)11-9-14/h4-11,13,19H,12H2,1-3H3,(H,20,21). The molecule has 2 aromatic rings. The zero-order chi connectivity index (χ0) is 16.7. The van der Waals surface area contributed by atoms with Crippen LogP contribution >= 0.6 is 0 Å². The Balaban J connectivity index is 1.91. The maximum absolute atomic E-state index is 12.1. The van der Waals surface area contributed by atoms with Crippen LogP contribution in [0, 0.1) is 0 Å². The Bertz CT molecular complexity index is 639. The summed E-state index contributed by atoms with van der Waals surface area (Å²) in [5.74, 6) is 1.31. The Morgan fingerprint density at radius 3 is 2.43 bits per heavy atom. The van der Waals surface area contributed by atoms with Crippen LogP contribution in [0.2, 0.25) is 0 Å². The molecule has 5 heteroatoms. The predicted molar refractivity (Wildman–Crippen MR) is 92.3 cm³/mol. The minimum Gasteiger partial charge on any atom is -0.497 e. The number of hydrogen-bond donors (Lipinski definition) is 2. The first-order chi connectivity index (χ1) is 11.1. The SMILES string of the molecule is COc1ccc(NCC(=O)Nc2ccccc2OC(C)C)cc1. The number of hydrogen-bond acceptors (Lipinski definition) is 4. The van der Waals surface area contributed by atoms with Gasteiger partial charge in [-0.15, -0.1) is 0 Å². The number of amides is 1. The third kappa shape index (κ3) is 5.21. The summed E-state index contributed by atoms with van der Waals surface area (Å²) in [7, 11) is 1.62. The van der Waals surface area contributed by atoms with Crippen molar-refractivity contribution in [1.82, 2.24) is 0 Å². The van der Waals surface area contributed by atoms with Crippen molar-refractivity contribution in [2.75, 3.05) is 24.3 Å². The van der Waals surface area contributed by atoms with Gasteiger partial charge in [-0.05, 0) is 50.2 Å². The van der Waals surface area contributed by atoms with Crippen molar-refractivity contribution in [3.8, 4) is 11.5 Å². The van der Waals surface area contributed by atoms with E-state index in [-0.39, 0.29) is 18.6 Å². The predicted octanol–water partition coefficient (Wildman–Crippen LogP) is 3.53. The third-order valence-corrected chi connectivity index (χ3v) is 3.07. The van der Waals surface area contributed by atoms with Crippen LogP contribution in [-0.2, 0) is 4.79 Å². The molecule has 23 heavy (non-hydrogen) atoms. The van der Waals surface area contributed by atoms with E-state index in [9.17, 15) is 4.79 Å². The molecule has 0 aromatic heterocycles. The summed E-state index contributed by atoms with van der Waals surface area (Å²) in [6, 6.07) is 14.8. The average molecular weight is 314 g/mol. The van der Waals surface area contributed by atoms with E-state index >= 15 is 0 Å². The van der Waals surface area contributed by atoms with E-state index < -0.39 is 0 Å². The van der Waals surface area contributed by atoms with Crippen molar-refractivity contribution in [2.24, 2.45) is 0 Å². The molecule has 0 aliphatic rings. The number of carbonyl (C=O) groups is 1. The van der Waals surface area contributed by atoms with Gasteiger partial charge >= 0.3 is 0 Å². The molecule has 2 rings (SSSR count). The highest BCUT2D eigenvalue weighted by atomic mass is 16.5. The summed E-state index contributed by atoms with van der Waals surface area (Å²) in [5.41, 5.74) is 1.52. The Kier molecular flexibility index (Phi) is 5.86. The number of carbonyl (C=O) groups excluding carboxylic acids is 1. The number of anilines is 2. The maximum Gasteiger partial charge on any atom is 0.243 e. The molecule has 0 aliphatic heterocycles. The molecule has 0 radical (unpaired) electrons. The van der Waals surface area contributed by atoms with Gasteiger partial charge in [0, 0.05) is 5.69 Å². The fraction of sp³-hybridized carbons (Fsp3) is 0.278. The second kappa shape index (κ2) is 8.08. The summed E-state index contributed by atoms with van der Waals surface area (Å²) in [4.78, 5) is 12.1. The van der Waals surface area contributed by atoms with E-state index in [0.717, 1.165) is 11.4 Å². The molecule has 2 aromatic carbocycles. The average Bonchev–Trinajstić information content (AvgIpc) is 2.55. The van der Waals surface area contributed by atoms with Crippen LogP contribution in [0.4, 0.5) is 11.4 Å². The van der Waals surface area contributed by atoms with Crippen LogP contribution in [0.1, 0.15) is 13.8 Å². The molecule has 0 unspecified atom stereocenters. The number of rotatable bonds is 7. The van der Waals surface area contributed by atoms with E-state index in [1.165, 1.54) is 0 Å². The highest BCUT2D eigenvalue weighted by Gasteiger charge is 2.08. The van der Waals surface area contributed by atoms with Crippen LogP contribution in [0.5, 0.6) is 11.5 Å². The van der Waals surface area contributed by atoms with E-state index in [1.807, 2.05) is 62.4 Å². The van der Waals surface area contributed by atoms with Gasteiger partial charge in [-0.3, -0.25) is 4.79 Å². The first-order valence-electron chi connectivity index (χ1n) is 7.52. The van der Waals surface area contributed by atoms with Crippen molar-refractivity contribution in [2.45, 2.75) is 20.0 Å². The van der Waals surface area contributed by atoms with Crippen LogP contribution in [0.15, 0.2) is 48.5 Å². The number of ether oxygens (including phenoxy) is 2. The smallest absolute Gasteiger partial charge is 0.243 e. The summed E-state index contributed by atoms with van der Waals surface area (Å²) >= 11 is 0. The van der Waals surface area contributed by atoms with Gasteiger partial charge in [-0.2, -0.15) is 0 Å².